The standard InChI is InChI=1S/C32H18N8O2.Fe/c41-42-23-15-7-14-22-24(23)32-39-30-21-13-6-5-12-20(21)28(37-30)35-26-17-9-2-1-8-16(17)25(33-26)34-27-18-10-3-4-11-19(18)29(36-27)38-31(22)40-32;/h1-15,41H,(H2,33,34,35,36,37,38,39,40);. The quantitative estimate of drug-likeness (QED) is 0.107. The second-order valence-electron chi connectivity index (χ2n) is 10.0. The van der Waals surface area contributed by atoms with E-state index in [0.29, 0.717) is 56.7 Å². The van der Waals surface area contributed by atoms with Crippen LogP contribution in [0.5, 0.6) is 5.75 Å². The number of aromatic amines is 2. The van der Waals surface area contributed by atoms with Crippen LogP contribution in [0.1, 0.15) is 0 Å². The van der Waals surface area contributed by atoms with Crippen LogP contribution in [-0.2, 0) is 17.1 Å². The number of fused-ring (bicyclic) bond motifs is 20. The van der Waals surface area contributed by atoms with E-state index in [1.807, 2.05) is 78.9 Å². The SMILES string of the molecule is OOc1cccc2c3nc4nc(nc5[nH]c(nc6nc(nc([nH]3)c12)-c1ccccc1-6)c1ccccc51)-c1ccccc1-4.[Fe]. The van der Waals surface area contributed by atoms with Crippen LogP contribution in [0.25, 0.3) is 89.7 Å². The van der Waals surface area contributed by atoms with E-state index in [9.17, 15) is 5.26 Å². The first-order valence-electron chi connectivity index (χ1n) is 13.3. The summed E-state index contributed by atoms with van der Waals surface area (Å²) in [6.45, 7) is 0. The summed E-state index contributed by atoms with van der Waals surface area (Å²) in [5.74, 6) is 2.27. The van der Waals surface area contributed by atoms with Gasteiger partial charge in [0.05, 0.1) is 5.39 Å². The summed E-state index contributed by atoms with van der Waals surface area (Å²) in [6, 6.07) is 29.0. The van der Waals surface area contributed by atoms with Gasteiger partial charge in [-0.3, -0.25) is 0 Å². The molecule has 4 aromatic carbocycles. The van der Waals surface area contributed by atoms with E-state index in [1.54, 1.807) is 12.1 Å². The van der Waals surface area contributed by atoms with Crippen LogP contribution in [-0.4, -0.2) is 45.1 Å². The zero-order valence-corrected chi connectivity index (χ0v) is 23.2. The van der Waals surface area contributed by atoms with Crippen molar-refractivity contribution < 1.29 is 27.2 Å². The molecule has 0 saturated heterocycles. The third kappa shape index (κ3) is 3.76. The van der Waals surface area contributed by atoms with Gasteiger partial charge >= 0.3 is 0 Å². The molecule has 206 valence electrons. The Morgan fingerprint density at radius 2 is 0.837 bits per heavy atom. The minimum atomic E-state index is 0. The fraction of sp³-hybridized carbons (Fsp3) is 0. The van der Waals surface area contributed by atoms with E-state index in [4.69, 9.17) is 34.8 Å². The number of benzene rings is 4. The number of hydrogen-bond acceptors (Lipinski definition) is 8. The first kappa shape index (κ1) is 25.2. The molecule has 10 nitrogen and oxygen atoms in total. The molecule has 0 fully saturated rings. The van der Waals surface area contributed by atoms with Gasteiger partial charge in [-0.25, -0.2) is 35.2 Å². The summed E-state index contributed by atoms with van der Waals surface area (Å²) in [5.41, 5.74) is 5.63. The molecule has 5 heterocycles. The molecule has 2 aliphatic heterocycles. The van der Waals surface area contributed by atoms with Gasteiger partial charge in [-0.15, -0.1) is 0 Å². The molecule has 7 aromatic rings. The van der Waals surface area contributed by atoms with Crippen LogP contribution >= 0.6 is 0 Å². The zero-order chi connectivity index (χ0) is 27.8. The van der Waals surface area contributed by atoms with Crippen molar-refractivity contribution in [3.05, 3.63) is 91.0 Å². The van der Waals surface area contributed by atoms with E-state index in [2.05, 4.69) is 9.97 Å². The van der Waals surface area contributed by atoms with Gasteiger partial charge < -0.3 is 14.9 Å². The second-order valence-corrected chi connectivity index (χ2v) is 10.0. The molecule has 2 aliphatic rings. The molecule has 0 spiro atoms. The van der Waals surface area contributed by atoms with Crippen molar-refractivity contribution in [2.45, 2.75) is 0 Å². The van der Waals surface area contributed by atoms with Crippen LogP contribution in [0.4, 0.5) is 0 Å². The number of nitrogens with zero attached hydrogens (tertiary/aromatic N) is 6. The van der Waals surface area contributed by atoms with Gasteiger partial charge in [-0.1, -0.05) is 84.9 Å². The molecule has 9 rings (SSSR count). The first-order valence-corrected chi connectivity index (χ1v) is 13.3. The molecule has 0 aliphatic carbocycles. The van der Waals surface area contributed by atoms with Crippen molar-refractivity contribution >= 4 is 44.1 Å². The Morgan fingerprint density at radius 3 is 1.33 bits per heavy atom. The number of hydrogen-bond donors (Lipinski definition) is 3. The number of rotatable bonds is 1. The predicted octanol–water partition coefficient (Wildman–Crippen LogP) is 6.72. The van der Waals surface area contributed by atoms with Gasteiger partial charge in [0, 0.05) is 55.5 Å². The van der Waals surface area contributed by atoms with Crippen LogP contribution in [0.2, 0.25) is 0 Å². The third-order valence-corrected chi connectivity index (χ3v) is 7.64. The van der Waals surface area contributed by atoms with E-state index in [0.717, 1.165) is 33.0 Å². The van der Waals surface area contributed by atoms with Gasteiger partial charge in [0.15, 0.2) is 29.0 Å². The Labute approximate surface area is 253 Å². The maximum atomic E-state index is 9.74. The molecule has 11 heteroatoms. The molecular weight excluding hydrogens is 584 g/mol. The summed E-state index contributed by atoms with van der Waals surface area (Å²) in [5, 5.41) is 12.8. The van der Waals surface area contributed by atoms with Crippen molar-refractivity contribution in [3.63, 3.8) is 0 Å². The minimum absolute atomic E-state index is 0. The van der Waals surface area contributed by atoms with Crippen molar-refractivity contribution in [3.8, 4) is 51.3 Å². The summed E-state index contributed by atoms with van der Waals surface area (Å²) in [7, 11) is 0. The molecule has 0 amide bonds. The Bertz CT molecular complexity index is 2430. The van der Waals surface area contributed by atoms with Crippen molar-refractivity contribution in [2.75, 3.05) is 0 Å². The molecule has 43 heavy (non-hydrogen) atoms. The maximum Gasteiger partial charge on any atom is 0.176 e. The smallest absolute Gasteiger partial charge is 0.176 e. The average Bonchev–Trinajstić information content (AvgIpc) is 3.76. The zero-order valence-electron chi connectivity index (χ0n) is 22.1. The topological polar surface area (TPSA) is 138 Å². The van der Waals surface area contributed by atoms with Crippen LogP contribution in [0, 0.1) is 0 Å². The Hall–Kier alpha value is -5.48. The maximum absolute atomic E-state index is 9.74. The summed E-state index contributed by atoms with van der Waals surface area (Å²) >= 11 is 0. The van der Waals surface area contributed by atoms with E-state index in [1.165, 1.54) is 0 Å². The normalized spacial score (nSPS) is 11.7. The van der Waals surface area contributed by atoms with Gasteiger partial charge in [-0.05, 0) is 6.07 Å². The van der Waals surface area contributed by atoms with Gasteiger partial charge in [0.25, 0.3) is 0 Å². The Kier molecular flexibility index (Phi) is 5.60. The average molecular weight is 602 g/mol. The van der Waals surface area contributed by atoms with Crippen molar-refractivity contribution in [1.29, 1.82) is 0 Å². The minimum Gasteiger partial charge on any atom is -0.339 e. The van der Waals surface area contributed by atoms with Gasteiger partial charge in [0.2, 0.25) is 0 Å². The molecule has 0 atom stereocenters. The van der Waals surface area contributed by atoms with E-state index < -0.39 is 0 Å². The fourth-order valence-electron chi connectivity index (χ4n) is 5.73. The largest absolute Gasteiger partial charge is 0.339 e. The molecular formula is C32H18FeN8O2. The third-order valence-electron chi connectivity index (χ3n) is 7.64. The number of H-pyrrole nitrogens is 2. The number of nitrogens with one attached hydrogen (secondary N) is 2. The summed E-state index contributed by atoms with van der Waals surface area (Å²) < 4.78 is 0. The Balaban J connectivity index is 0.00000278. The summed E-state index contributed by atoms with van der Waals surface area (Å²) in [6.07, 6.45) is 0. The van der Waals surface area contributed by atoms with E-state index in [-0.39, 0.29) is 22.8 Å². The van der Waals surface area contributed by atoms with Crippen LogP contribution in [0.15, 0.2) is 91.0 Å². The molecule has 3 N–H and O–H groups in total. The predicted molar refractivity (Wildman–Crippen MR) is 159 cm³/mol. The molecule has 0 unspecified atom stereocenters. The molecule has 8 bridgehead atoms. The van der Waals surface area contributed by atoms with E-state index >= 15 is 0 Å². The molecule has 0 saturated carbocycles. The molecule has 3 aromatic heterocycles. The van der Waals surface area contributed by atoms with Gasteiger partial charge in [-0.2, -0.15) is 0 Å². The monoisotopic (exact) mass is 602 g/mol. The molecule has 0 radical (unpaired) electrons. The van der Waals surface area contributed by atoms with Crippen LogP contribution < -0.4 is 4.89 Å². The first-order chi connectivity index (χ1) is 20.7. The number of aromatic nitrogens is 8. The van der Waals surface area contributed by atoms with Crippen LogP contribution in [0.3, 0.4) is 0 Å². The van der Waals surface area contributed by atoms with Crippen molar-refractivity contribution in [1.82, 2.24) is 39.9 Å². The Morgan fingerprint density at radius 1 is 0.442 bits per heavy atom. The fourth-order valence-corrected chi connectivity index (χ4v) is 5.73. The van der Waals surface area contributed by atoms with Crippen molar-refractivity contribution in [2.24, 2.45) is 0 Å². The second kappa shape index (κ2) is 9.53. The van der Waals surface area contributed by atoms with Gasteiger partial charge in [0.1, 0.15) is 22.6 Å². The summed E-state index contributed by atoms with van der Waals surface area (Å²) in [4.78, 5) is 41.1.